The molecule has 2 N–H and O–H groups in total. The molecule has 0 atom stereocenters. The summed E-state index contributed by atoms with van der Waals surface area (Å²) in [4.78, 5) is 2.48. The summed E-state index contributed by atoms with van der Waals surface area (Å²) in [5, 5.41) is 7.69. The van der Waals surface area contributed by atoms with E-state index in [4.69, 9.17) is 4.74 Å². The number of benzene rings is 1. The van der Waals surface area contributed by atoms with Gasteiger partial charge in [-0.05, 0) is 62.6 Å². The zero-order chi connectivity index (χ0) is 17.8. The minimum Gasteiger partial charge on any atom is -0.385 e. The van der Waals surface area contributed by atoms with Crippen LogP contribution in [0.2, 0.25) is 0 Å². The first-order valence-electron chi connectivity index (χ1n) is 10.4. The summed E-state index contributed by atoms with van der Waals surface area (Å²) in [6, 6.07) is 5.44. The van der Waals surface area contributed by atoms with E-state index < -0.39 is 0 Å². The molecule has 144 valence electrons. The van der Waals surface area contributed by atoms with Crippen LogP contribution >= 0.6 is 22.6 Å². The highest BCUT2D eigenvalue weighted by Crippen LogP contribution is 2.36. The van der Waals surface area contributed by atoms with Crippen LogP contribution in [0.5, 0.6) is 0 Å². The lowest BCUT2D eigenvalue weighted by Gasteiger charge is -2.33. The average Bonchev–Trinajstić information content (AvgIpc) is 2.65. The van der Waals surface area contributed by atoms with E-state index in [-0.39, 0.29) is 0 Å². The Kier molecular flexibility index (Phi) is 6.46. The lowest BCUT2D eigenvalue weighted by Crippen LogP contribution is -2.36. The quantitative estimate of drug-likeness (QED) is 0.492. The van der Waals surface area contributed by atoms with Gasteiger partial charge >= 0.3 is 0 Å². The Labute approximate surface area is 171 Å². The lowest BCUT2D eigenvalue weighted by atomic mass is 9.93. The number of halogens is 1. The van der Waals surface area contributed by atoms with Gasteiger partial charge in [-0.15, -0.1) is 0 Å². The second kappa shape index (κ2) is 9.00. The number of hydrogen-bond donors (Lipinski definition) is 2. The van der Waals surface area contributed by atoms with Gasteiger partial charge in [0.2, 0.25) is 0 Å². The molecule has 2 fully saturated rings. The lowest BCUT2D eigenvalue weighted by molar-refractivity contribution is 0.122. The third-order valence-electron chi connectivity index (χ3n) is 6.05. The fourth-order valence-electron chi connectivity index (χ4n) is 4.46. The molecule has 1 aromatic rings. The van der Waals surface area contributed by atoms with Gasteiger partial charge in [-0.2, -0.15) is 0 Å². The average molecular weight is 469 g/mol. The van der Waals surface area contributed by atoms with Crippen molar-refractivity contribution in [1.82, 2.24) is 0 Å². The Hall–Kier alpha value is -0.690. The summed E-state index contributed by atoms with van der Waals surface area (Å²) in [6.07, 6.45) is 10.4. The third kappa shape index (κ3) is 4.58. The molecular weight excluding hydrogens is 437 g/mol. The minimum atomic E-state index is 0.635. The number of alkyl halides is 1. The first-order chi connectivity index (χ1) is 12.8. The standard InChI is InChI=1S/C21H32IN3O/c22-16-5-7-17(8-6-16)24-21-15-18(25-10-12-26-13-11-25)14-20-19(21)4-2-1-3-9-23-20/h14-17,23-24H,1-13H2. The second-order valence-electron chi connectivity index (χ2n) is 7.95. The highest BCUT2D eigenvalue weighted by molar-refractivity contribution is 14.1. The van der Waals surface area contributed by atoms with E-state index in [1.54, 1.807) is 0 Å². The number of rotatable bonds is 3. The molecule has 26 heavy (non-hydrogen) atoms. The largest absolute Gasteiger partial charge is 0.385 e. The highest BCUT2D eigenvalue weighted by atomic mass is 127. The molecule has 5 heteroatoms. The molecule has 0 radical (unpaired) electrons. The van der Waals surface area contributed by atoms with E-state index in [9.17, 15) is 0 Å². The Morgan fingerprint density at radius 1 is 1.04 bits per heavy atom. The minimum absolute atomic E-state index is 0.635. The van der Waals surface area contributed by atoms with Gasteiger partial charge in [0.15, 0.2) is 0 Å². The molecule has 2 heterocycles. The Bertz CT molecular complexity index is 595. The molecule has 0 amide bonds. The smallest absolute Gasteiger partial charge is 0.0642 e. The molecular formula is C21H32IN3O. The number of nitrogens with zero attached hydrogens (tertiary/aromatic N) is 1. The fourth-order valence-corrected chi connectivity index (χ4v) is 5.18. The van der Waals surface area contributed by atoms with Crippen LogP contribution in [0.1, 0.15) is 50.5 Å². The summed E-state index contributed by atoms with van der Waals surface area (Å²) in [7, 11) is 0. The molecule has 0 bridgehead atoms. The molecule has 4 nitrogen and oxygen atoms in total. The normalized spacial score (nSPS) is 27.0. The monoisotopic (exact) mass is 469 g/mol. The summed E-state index contributed by atoms with van der Waals surface area (Å²) >= 11 is 2.62. The van der Waals surface area contributed by atoms with Crippen molar-refractivity contribution in [2.24, 2.45) is 0 Å². The molecule has 0 spiro atoms. The van der Waals surface area contributed by atoms with E-state index >= 15 is 0 Å². The van der Waals surface area contributed by atoms with Crippen molar-refractivity contribution in [2.75, 3.05) is 48.4 Å². The number of fused-ring (bicyclic) bond motifs is 1. The maximum atomic E-state index is 5.56. The van der Waals surface area contributed by atoms with Gasteiger partial charge < -0.3 is 20.3 Å². The van der Waals surface area contributed by atoms with Crippen LogP contribution in [-0.4, -0.2) is 42.8 Å². The maximum absolute atomic E-state index is 5.56. The molecule has 1 saturated carbocycles. The van der Waals surface area contributed by atoms with Gasteiger partial charge in [-0.3, -0.25) is 0 Å². The van der Waals surface area contributed by atoms with Crippen LogP contribution in [0, 0.1) is 0 Å². The van der Waals surface area contributed by atoms with Gasteiger partial charge in [0.05, 0.1) is 13.2 Å². The van der Waals surface area contributed by atoms with Gasteiger partial charge in [-0.25, -0.2) is 0 Å². The summed E-state index contributed by atoms with van der Waals surface area (Å²) in [5.74, 6) is 0. The SMILES string of the molecule is IC1CCC(Nc2cc(N3CCOCC3)cc3c2CCCCCN3)CC1. The molecule has 4 rings (SSSR count). The predicted octanol–water partition coefficient (Wildman–Crippen LogP) is 4.82. The van der Waals surface area contributed by atoms with Crippen molar-refractivity contribution in [3.8, 4) is 0 Å². The van der Waals surface area contributed by atoms with Crippen LogP contribution in [0.3, 0.4) is 0 Å². The van der Waals surface area contributed by atoms with Crippen molar-refractivity contribution in [3.05, 3.63) is 17.7 Å². The van der Waals surface area contributed by atoms with E-state index in [2.05, 4.69) is 50.3 Å². The Morgan fingerprint density at radius 3 is 2.65 bits per heavy atom. The molecule has 1 saturated heterocycles. The number of hydrogen-bond acceptors (Lipinski definition) is 4. The third-order valence-corrected chi connectivity index (χ3v) is 7.29. The molecule has 2 aliphatic heterocycles. The van der Waals surface area contributed by atoms with Crippen molar-refractivity contribution >= 4 is 39.7 Å². The van der Waals surface area contributed by atoms with Crippen molar-refractivity contribution in [3.63, 3.8) is 0 Å². The van der Waals surface area contributed by atoms with Crippen LogP contribution in [0.25, 0.3) is 0 Å². The zero-order valence-corrected chi connectivity index (χ0v) is 17.9. The van der Waals surface area contributed by atoms with Gasteiger partial charge in [0, 0.05) is 46.7 Å². The van der Waals surface area contributed by atoms with Crippen molar-refractivity contribution < 1.29 is 4.74 Å². The molecule has 1 aliphatic carbocycles. The Balaban J connectivity index is 1.61. The molecule has 0 aromatic heterocycles. The zero-order valence-electron chi connectivity index (χ0n) is 15.7. The van der Waals surface area contributed by atoms with Crippen LogP contribution in [0.4, 0.5) is 17.1 Å². The van der Waals surface area contributed by atoms with Crippen LogP contribution in [0.15, 0.2) is 12.1 Å². The van der Waals surface area contributed by atoms with E-state index in [0.29, 0.717) is 6.04 Å². The summed E-state index contributed by atoms with van der Waals surface area (Å²) in [5.41, 5.74) is 5.61. The number of nitrogens with one attached hydrogen (secondary N) is 2. The fraction of sp³-hybridized carbons (Fsp3) is 0.714. The second-order valence-corrected chi connectivity index (χ2v) is 9.71. The number of ether oxygens (including phenoxy) is 1. The van der Waals surface area contributed by atoms with Gasteiger partial charge in [0.1, 0.15) is 0 Å². The van der Waals surface area contributed by atoms with E-state index in [1.807, 2.05) is 0 Å². The predicted molar refractivity (Wildman–Crippen MR) is 119 cm³/mol. The van der Waals surface area contributed by atoms with Gasteiger partial charge in [-0.1, -0.05) is 29.0 Å². The van der Waals surface area contributed by atoms with Crippen molar-refractivity contribution in [1.29, 1.82) is 0 Å². The number of anilines is 3. The molecule has 0 unspecified atom stereocenters. The highest BCUT2D eigenvalue weighted by Gasteiger charge is 2.22. The van der Waals surface area contributed by atoms with Crippen LogP contribution < -0.4 is 15.5 Å². The first kappa shape index (κ1) is 18.7. The van der Waals surface area contributed by atoms with E-state index in [0.717, 1.165) is 36.8 Å². The Morgan fingerprint density at radius 2 is 1.85 bits per heavy atom. The number of morpholine rings is 1. The van der Waals surface area contributed by atoms with E-state index in [1.165, 1.54) is 74.0 Å². The van der Waals surface area contributed by atoms with Crippen molar-refractivity contribution in [2.45, 2.75) is 61.3 Å². The first-order valence-corrected chi connectivity index (χ1v) is 11.7. The topological polar surface area (TPSA) is 36.5 Å². The summed E-state index contributed by atoms with van der Waals surface area (Å²) < 4.78 is 6.43. The summed E-state index contributed by atoms with van der Waals surface area (Å²) in [6.45, 7) is 4.77. The molecule has 1 aromatic carbocycles. The molecule has 3 aliphatic rings. The van der Waals surface area contributed by atoms with Crippen LogP contribution in [-0.2, 0) is 11.2 Å². The van der Waals surface area contributed by atoms with Gasteiger partial charge in [0.25, 0.3) is 0 Å². The maximum Gasteiger partial charge on any atom is 0.0642 e.